The monoisotopic (exact) mass is 1890 g/mol. The van der Waals surface area contributed by atoms with Gasteiger partial charge in [0.2, 0.25) is 0 Å². The van der Waals surface area contributed by atoms with Gasteiger partial charge < -0.3 is 0 Å². The Balaban J connectivity index is -0.0000000480. The van der Waals surface area contributed by atoms with E-state index < -0.39 is 0 Å². The third-order valence-electron chi connectivity index (χ3n) is 21.1. The third kappa shape index (κ3) is 497. The van der Waals surface area contributed by atoms with Crippen LogP contribution in [0, 0.1) is 0 Å². The van der Waals surface area contributed by atoms with Crippen molar-refractivity contribution < 1.29 is 0 Å². The predicted molar refractivity (Wildman–Crippen MR) is 656 cm³/mol. The van der Waals surface area contributed by atoms with Gasteiger partial charge in [0.1, 0.15) is 0 Å². The first kappa shape index (κ1) is 187. The molecule has 0 aliphatic heterocycles. The van der Waals surface area contributed by atoms with Crippen molar-refractivity contribution in [3.05, 3.63) is 0 Å². The zero-order valence-corrected chi connectivity index (χ0v) is 106. The minimum absolute atomic E-state index is 1.36. The van der Waals surface area contributed by atoms with Crippen molar-refractivity contribution in [3.8, 4) is 0 Å². The van der Waals surface area contributed by atoms with Gasteiger partial charge in [0.25, 0.3) is 0 Å². The normalized spacial score (nSPS) is 9.00. The molecule has 0 nitrogen and oxygen atoms in total. The van der Waals surface area contributed by atoms with Gasteiger partial charge in [-0.3, -0.25) is 0 Å². The van der Waals surface area contributed by atoms with Crippen molar-refractivity contribution in [1.82, 2.24) is 0 Å². The van der Waals surface area contributed by atoms with Gasteiger partial charge in [-0.25, -0.2) is 0 Å². The van der Waals surface area contributed by atoms with Crippen LogP contribution < -0.4 is 0 Å². The van der Waals surface area contributed by atoms with Crippen molar-refractivity contribution in [2.24, 2.45) is 0 Å². The van der Waals surface area contributed by atoms with Crippen molar-refractivity contribution in [1.29, 1.82) is 0 Å². The highest BCUT2D eigenvalue weighted by atomic mass is 13.9. The largest absolute Gasteiger partial charge is 0.0654 e. The maximum atomic E-state index is 2.23. The molecule has 0 saturated heterocycles. The Kier molecular flexibility index (Phi) is 405. The lowest BCUT2D eigenvalue weighted by Crippen LogP contribution is -1.66. The molecule has 0 rings (SSSR count). The molecule has 0 atom stereocenters. The molecule has 0 amide bonds. The molecule has 0 bridgehead atoms. The standard InChI is InChI=1S/22C6H14/c22*1-3-5-6-4-2/h22*3-6H2,1-2H3. The van der Waals surface area contributed by atoms with Crippen LogP contribution in [0.25, 0.3) is 0 Å². The second-order valence-corrected chi connectivity index (χ2v) is 37.6. The Morgan fingerprint density at radius 3 is 0.0606 bits per heavy atom. The molecule has 0 spiro atoms. The molecule has 0 aromatic carbocycles. The number of unbranched alkanes of at least 4 members (excludes halogenated alkanes) is 66. The summed E-state index contributed by atoms with van der Waals surface area (Å²) in [6.07, 6.45) is 122. The van der Waals surface area contributed by atoms with E-state index in [1.165, 1.54) is 565 Å². The van der Waals surface area contributed by atoms with E-state index in [4.69, 9.17) is 0 Å². The SMILES string of the molecule is CCCCCC.CCCCCC.CCCCCC.CCCCCC.CCCCCC.CCCCCC.CCCCCC.CCCCCC.CCCCCC.CCCCCC.CCCCCC.CCCCCC.CCCCCC.CCCCCC.CCCCCC.CCCCCC.CCCCCC.CCCCCC.CCCCCC.CCCCCC.CCCCCC.CCCCCC. The van der Waals surface area contributed by atoms with Gasteiger partial charge >= 0.3 is 0 Å². The van der Waals surface area contributed by atoms with E-state index in [-0.39, 0.29) is 0 Å². The molecule has 836 valence electrons. The Bertz CT molecular complexity index is 656. The second-order valence-electron chi connectivity index (χ2n) is 37.6. The van der Waals surface area contributed by atoms with E-state index in [9.17, 15) is 0 Å². The average Bonchev–Trinajstić information content (AvgIpc) is 3.86. The smallest absolute Gasteiger partial charge is 0.0536 e. The van der Waals surface area contributed by atoms with E-state index in [0.717, 1.165) is 0 Å². The fourth-order valence-corrected chi connectivity index (χ4v) is 11.0. The van der Waals surface area contributed by atoms with Crippen LogP contribution >= 0.6 is 0 Å². The number of hydrogen-bond acceptors (Lipinski definition) is 0. The molecule has 0 unspecified atom stereocenters. The summed E-state index contributed by atoms with van der Waals surface area (Å²) >= 11 is 0. The van der Waals surface area contributed by atoms with Gasteiger partial charge in [-0.15, -0.1) is 0 Å². The summed E-state index contributed by atoms with van der Waals surface area (Å²) in [5.74, 6) is 0. The van der Waals surface area contributed by atoms with Crippen molar-refractivity contribution in [2.75, 3.05) is 0 Å². The summed E-state index contributed by atoms with van der Waals surface area (Å²) in [5.41, 5.74) is 0. The highest BCUT2D eigenvalue weighted by Gasteiger charge is 1.86. The zero-order chi connectivity index (χ0) is 106. The lowest BCUT2D eigenvalue weighted by atomic mass is 10.2. The summed E-state index contributed by atoms with van der Waals surface area (Å²) in [7, 11) is 0. The Hall–Kier alpha value is 0. The minimum atomic E-state index is 1.36. The molecule has 0 saturated carbocycles. The molecule has 0 aliphatic rings. The summed E-state index contributed by atoms with van der Waals surface area (Å²) in [4.78, 5) is 0. The maximum absolute atomic E-state index is 2.23. The molecule has 0 aromatic rings. The topological polar surface area (TPSA) is 0 Å². The zero-order valence-electron chi connectivity index (χ0n) is 106. The Labute approximate surface area is 864 Å². The summed E-state index contributed by atoms with van der Waals surface area (Å²) < 4.78 is 0. The van der Waals surface area contributed by atoms with Gasteiger partial charge in [-0.2, -0.15) is 0 Å². The minimum Gasteiger partial charge on any atom is -0.0654 e. The van der Waals surface area contributed by atoms with Crippen LogP contribution in [-0.4, -0.2) is 0 Å². The van der Waals surface area contributed by atoms with E-state index in [2.05, 4.69) is 305 Å². The van der Waals surface area contributed by atoms with Crippen LogP contribution in [0.15, 0.2) is 0 Å². The van der Waals surface area contributed by atoms with Crippen molar-refractivity contribution in [2.45, 2.75) is 870 Å². The van der Waals surface area contributed by atoms with Crippen LogP contribution in [0.4, 0.5) is 0 Å². The predicted octanol–water partition coefficient (Wildman–Crippen LogP) is 56.9. The maximum Gasteiger partial charge on any atom is -0.0536 e. The lowest BCUT2D eigenvalue weighted by molar-refractivity contribution is 0.702. The summed E-state index contributed by atoms with van der Waals surface area (Å²) in [6, 6.07) is 0. The van der Waals surface area contributed by atoms with Gasteiger partial charge in [0.05, 0.1) is 0 Å². The quantitative estimate of drug-likeness (QED) is 0.0533. The first-order chi connectivity index (χ1) is 64.1. The fraction of sp³-hybridized carbons (Fsp3) is 1.00. The van der Waals surface area contributed by atoms with Crippen molar-refractivity contribution >= 4 is 0 Å². The molecule has 0 N–H and O–H groups in total. The van der Waals surface area contributed by atoms with E-state index in [0.29, 0.717) is 0 Å². The fourth-order valence-electron chi connectivity index (χ4n) is 11.0. The Morgan fingerprint density at radius 1 is 0.0379 bits per heavy atom. The molecule has 0 aromatic heterocycles. The molecular formula is C132H308. The molecule has 132 heavy (non-hydrogen) atoms. The third-order valence-corrected chi connectivity index (χ3v) is 21.1. The van der Waals surface area contributed by atoms with Crippen LogP contribution in [0.3, 0.4) is 0 Å². The summed E-state index contributed by atoms with van der Waals surface area (Å²) in [5, 5.41) is 0. The molecule has 0 aliphatic carbocycles. The summed E-state index contributed by atoms with van der Waals surface area (Å²) in [6.45, 7) is 98.2. The van der Waals surface area contributed by atoms with E-state index in [1.54, 1.807) is 0 Å². The first-order valence-corrected chi connectivity index (χ1v) is 64.1. The van der Waals surface area contributed by atoms with Crippen LogP contribution in [0.5, 0.6) is 0 Å². The van der Waals surface area contributed by atoms with Crippen molar-refractivity contribution in [3.63, 3.8) is 0 Å². The Morgan fingerprint density at radius 2 is 0.0530 bits per heavy atom. The molecule has 0 fully saturated rings. The van der Waals surface area contributed by atoms with E-state index in [1.807, 2.05) is 0 Å². The molecule has 0 heteroatoms. The van der Waals surface area contributed by atoms with Crippen LogP contribution in [0.1, 0.15) is 870 Å². The first-order valence-electron chi connectivity index (χ1n) is 64.1. The van der Waals surface area contributed by atoms with Gasteiger partial charge in [-0.1, -0.05) is 870 Å². The highest BCUT2D eigenvalue weighted by Crippen LogP contribution is 2.06. The van der Waals surface area contributed by atoms with E-state index >= 15 is 0 Å². The van der Waals surface area contributed by atoms with Crippen LogP contribution in [-0.2, 0) is 0 Å². The van der Waals surface area contributed by atoms with Gasteiger partial charge in [0.15, 0.2) is 0 Å². The lowest BCUT2D eigenvalue weighted by Gasteiger charge is -1.86. The molecule has 0 heterocycles. The number of rotatable bonds is 66. The van der Waals surface area contributed by atoms with Gasteiger partial charge in [0, 0.05) is 0 Å². The highest BCUT2D eigenvalue weighted by molar-refractivity contribution is 4.42. The second kappa shape index (κ2) is 286. The molecular weight excluding hydrogens is 1590 g/mol. The van der Waals surface area contributed by atoms with Crippen LogP contribution in [0.2, 0.25) is 0 Å². The average molecular weight is 1900 g/mol. The van der Waals surface area contributed by atoms with Gasteiger partial charge in [-0.05, 0) is 0 Å². The number of hydrogen-bond donors (Lipinski definition) is 0. The molecule has 0 radical (unpaired) electrons.